The maximum atomic E-state index is 13.6. The summed E-state index contributed by atoms with van der Waals surface area (Å²) in [5.74, 6) is -0.909. The van der Waals surface area contributed by atoms with Crippen LogP contribution in [0.15, 0.2) is 51.9 Å². The third-order valence-corrected chi connectivity index (χ3v) is 4.53. The maximum absolute atomic E-state index is 13.6. The van der Waals surface area contributed by atoms with E-state index in [2.05, 4.69) is 15.2 Å². The highest BCUT2D eigenvalue weighted by Crippen LogP contribution is 2.40. The summed E-state index contributed by atoms with van der Waals surface area (Å²) in [5, 5.41) is 8.04. The summed E-state index contributed by atoms with van der Waals surface area (Å²) in [6, 6.07) is 7.66. The van der Waals surface area contributed by atoms with Crippen LogP contribution in [0.5, 0.6) is 17.2 Å². The van der Waals surface area contributed by atoms with E-state index < -0.39 is 17.1 Å². The maximum Gasteiger partial charge on any atom is 0.282 e. The summed E-state index contributed by atoms with van der Waals surface area (Å²) in [4.78, 5) is 16.6. The van der Waals surface area contributed by atoms with Gasteiger partial charge >= 0.3 is 0 Å². The van der Waals surface area contributed by atoms with Gasteiger partial charge in [0.1, 0.15) is 0 Å². The molecule has 0 radical (unpaired) electrons. The van der Waals surface area contributed by atoms with Crippen molar-refractivity contribution in [2.45, 2.75) is 0 Å². The molecular formula is C21H16F2N4O5. The van der Waals surface area contributed by atoms with Crippen molar-refractivity contribution in [3.63, 3.8) is 0 Å². The fourth-order valence-corrected chi connectivity index (χ4v) is 2.97. The molecule has 9 nitrogen and oxygen atoms in total. The van der Waals surface area contributed by atoms with Gasteiger partial charge in [-0.05, 0) is 24.3 Å². The molecule has 0 saturated heterocycles. The van der Waals surface area contributed by atoms with Gasteiger partial charge in [-0.1, -0.05) is 5.16 Å². The van der Waals surface area contributed by atoms with E-state index in [1.54, 1.807) is 12.1 Å². The highest BCUT2D eigenvalue weighted by molar-refractivity contribution is 5.67. The summed E-state index contributed by atoms with van der Waals surface area (Å²) < 4.78 is 49.2. The second-order valence-electron chi connectivity index (χ2n) is 6.41. The first-order chi connectivity index (χ1) is 15.4. The van der Waals surface area contributed by atoms with Crippen LogP contribution in [0.25, 0.3) is 28.7 Å². The molecule has 4 aromatic rings. The standard InChI is InChI=1S/C21H16F2N4O5/c1-29-16-8-11(9-17(30-2)19(16)31-3)20-24-21(32-26-20)18-15(28)6-7-27(25-18)12-4-5-13(22)14(23)10-12/h4-10H,1-3H3. The summed E-state index contributed by atoms with van der Waals surface area (Å²) >= 11 is 0. The fraction of sp³-hybridized carbons (Fsp3) is 0.143. The van der Waals surface area contributed by atoms with Crippen LogP contribution in [-0.2, 0) is 0 Å². The van der Waals surface area contributed by atoms with E-state index in [9.17, 15) is 13.6 Å². The minimum absolute atomic E-state index is 0.142. The zero-order chi connectivity index (χ0) is 22.8. The van der Waals surface area contributed by atoms with Gasteiger partial charge in [0, 0.05) is 23.9 Å². The third kappa shape index (κ3) is 3.75. The number of ether oxygens (including phenoxy) is 3. The largest absolute Gasteiger partial charge is 0.493 e. The zero-order valence-corrected chi connectivity index (χ0v) is 17.1. The molecule has 0 saturated carbocycles. The molecule has 164 valence electrons. The number of nitrogens with zero attached hydrogens (tertiary/aromatic N) is 4. The summed E-state index contributed by atoms with van der Waals surface area (Å²) in [6.07, 6.45) is 1.31. The van der Waals surface area contributed by atoms with Gasteiger partial charge in [-0.2, -0.15) is 10.1 Å². The Morgan fingerprint density at radius 2 is 1.66 bits per heavy atom. The minimum Gasteiger partial charge on any atom is -0.493 e. The number of rotatable bonds is 6. The second-order valence-corrected chi connectivity index (χ2v) is 6.41. The Morgan fingerprint density at radius 3 is 2.28 bits per heavy atom. The van der Waals surface area contributed by atoms with Gasteiger partial charge in [-0.15, -0.1) is 0 Å². The van der Waals surface area contributed by atoms with E-state index in [0.29, 0.717) is 22.8 Å². The van der Waals surface area contributed by atoms with Crippen LogP contribution in [0.2, 0.25) is 0 Å². The molecule has 0 unspecified atom stereocenters. The Kier molecular flexibility index (Phi) is 5.54. The lowest BCUT2D eigenvalue weighted by Gasteiger charge is -2.12. The molecule has 0 aliphatic heterocycles. The molecule has 4 rings (SSSR count). The fourth-order valence-electron chi connectivity index (χ4n) is 2.97. The van der Waals surface area contributed by atoms with Crippen molar-refractivity contribution < 1.29 is 27.5 Å². The third-order valence-electron chi connectivity index (χ3n) is 4.53. The predicted molar refractivity (Wildman–Crippen MR) is 108 cm³/mol. The van der Waals surface area contributed by atoms with Gasteiger partial charge in [0.2, 0.25) is 17.0 Å². The first-order valence-corrected chi connectivity index (χ1v) is 9.15. The molecule has 2 aromatic heterocycles. The van der Waals surface area contributed by atoms with E-state index in [4.69, 9.17) is 18.7 Å². The smallest absolute Gasteiger partial charge is 0.282 e. The lowest BCUT2D eigenvalue weighted by atomic mass is 10.1. The molecule has 2 heterocycles. The number of hydrogen-bond acceptors (Lipinski definition) is 8. The topological polar surface area (TPSA) is 102 Å². The molecule has 2 aromatic carbocycles. The van der Waals surface area contributed by atoms with Crippen molar-refractivity contribution in [3.05, 3.63) is 64.5 Å². The van der Waals surface area contributed by atoms with Crippen molar-refractivity contribution in [1.29, 1.82) is 0 Å². The molecule has 0 N–H and O–H groups in total. The Labute approximate surface area is 179 Å². The Morgan fingerprint density at radius 1 is 0.938 bits per heavy atom. The number of benzene rings is 2. The SMILES string of the molecule is COc1cc(-c2noc(-c3nn(-c4ccc(F)c(F)c4)ccc3=O)n2)cc(OC)c1OC. The quantitative estimate of drug-likeness (QED) is 0.449. The Balaban J connectivity index is 1.76. The normalized spacial score (nSPS) is 10.8. The van der Waals surface area contributed by atoms with Crippen LogP contribution in [0, 0.1) is 11.6 Å². The summed E-state index contributed by atoms with van der Waals surface area (Å²) in [5.41, 5.74) is 0.0215. The lowest BCUT2D eigenvalue weighted by Crippen LogP contribution is -2.13. The minimum atomic E-state index is -1.05. The van der Waals surface area contributed by atoms with Crippen molar-refractivity contribution in [2.75, 3.05) is 21.3 Å². The van der Waals surface area contributed by atoms with Crippen molar-refractivity contribution in [2.24, 2.45) is 0 Å². The first kappa shape index (κ1) is 21.0. The average Bonchev–Trinajstić information content (AvgIpc) is 3.30. The molecule has 0 fully saturated rings. The van der Waals surface area contributed by atoms with Gasteiger partial charge < -0.3 is 18.7 Å². The number of aromatic nitrogens is 4. The highest BCUT2D eigenvalue weighted by atomic mass is 19.2. The Bertz CT molecular complexity index is 1330. The van der Waals surface area contributed by atoms with Crippen molar-refractivity contribution in [3.8, 4) is 45.9 Å². The van der Waals surface area contributed by atoms with Crippen molar-refractivity contribution >= 4 is 0 Å². The van der Waals surface area contributed by atoms with E-state index in [1.165, 1.54) is 44.3 Å². The second kappa shape index (κ2) is 8.46. The molecule has 0 aliphatic carbocycles. The number of hydrogen-bond donors (Lipinski definition) is 0. The van der Waals surface area contributed by atoms with Gasteiger partial charge in [-0.3, -0.25) is 4.79 Å². The van der Waals surface area contributed by atoms with Gasteiger partial charge in [-0.25, -0.2) is 13.5 Å². The van der Waals surface area contributed by atoms with Crippen LogP contribution in [0.3, 0.4) is 0 Å². The zero-order valence-electron chi connectivity index (χ0n) is 17.1. The average molecular weight is 442 g/mol. The molecule has 0 aliphatic rings. The van der Waals surface area contributed by atoms with E-state index in [-0.39, 0.29) is 23.1 Å². The van der Waals surface area contributed by atoms with Gasteiger partial charge in [0.15, 0.2) is 28.8 Å². The summed E-state index contributed by atoms with van der Waals surface area (Å²) in [6.45, 7) is 0. The molecule has 0 atom stereocenters. The van der Waals surface area contributed by atoms with Gasteiger partial charge in [0.25, 0.3) is 5.89 Å². The highest BCUT2D eigenvalue weighted by Gasteiger charge is 2.20. The number of methoxy groups -OCH3 is 3. The molecule has 0 bridgehead atoms. The van der Waals surface area contributed by atoms with Crippen LogP contribution in [-0.4, -0.2) is 41.3 Å². The molecular weight excluding hydrogens is 426 g/mol. The van der Waals surface area contributed by atoms with Crippen molar-refractivity contribution in [1.82, 2.24) is 19.9 Å². The van der Waals surface area contributed by atoms with Crippen LogP contribution in [0.1, 0.15) is 0 Å². The van der Waals surface area contributed by atoms with E-state index >= 15 is 0 Å². The lowest BCUT2D eigenvalue weighted by molar-refractivity contribution is 0.324. The molecule has 0 spiro atoms. The molecule has 32 heavy (non-hydrogen) atoms. The van der Waals surface area contributed by atoms with Crippen LogP contribution < -0.4 is 19.6 Å². The molecule has 0 amide bonds. The summed E-state index contributed by atoms with van der Waals surface area (Å²) in [7, 11) is 4.42. The molecule has 11 heteroatoms. The van der Waals surface area contributed by atoms with E-state index in [0.717, 1.165) is 12.1 Å². The predicted octanol–water partition coefficient (Wildman–Crippen LogP) is 3.25. The monoisotopic (exact) mass is 442 g/mol. The first-order valence-electron chi connectivity index (χ1n) is 9.15. The Hall–Kier alpha value is -4.28. The van der Waals surface area contributed by atoms with Gasteiger partial charge in [0.05, 0.1) is 27.0 Å². The van der Waals surface area contributed by atoms with Crippen LogP contribution in [0.4, 0.5) is 8.78 Å². The number of halogens is 2. The van der Waals surface area contributed by atoms with Crippen LogP contribution >= 0.6 is 0 Å². The van der Waals surface area contributed by atoms with E-state index in [1.807, 2.05) is 0 Å².